The minimum absolute atomic E-state index is 0. The molecule has 0 saturated heterocycles. The second-order valence-corrected chi connectivity index (χ2v) is 3.80. The zero-order chi connectivity index (χ0) is 10.0. The molecule has 0 aliphatic heterocycles. The molecule has 1 radical (unpaired) electrons. The molecule has 1 unspecified atom stereocenters. The standard InChI is InChI=1S/C13H18.Y/c1-6-9(2)13-8-11(4)10(3)7-12(13)5;/h6-7,9H,1-5H3;/q-2;. The van der Waals surface area contributed by atoms with Crippen LogP contribution in [-0.4, -0.2) is 0 Å². The Morgan fingerprint density at radius 2 is 1.79 bits per heavy atom. The van der Waals surface area contributed by atoms with Gasteiger partial charge in [0.25, 0.3) is 0 Å². The fourth-order valence-electron chi connectivity index (χ4n) is 1.55. The molecule has 0 aliphatic carbocycles. The zero-order valence-electron chi connectivity index (χ0n) is 9.81. The summed E-state index contributed by atoms with van der Waals surface area (Å²) in [6.07, 6.45) is 2.22. The summed E-state index contributed by atoms with van der Waals surface area (Å²) in [4.78, 5) is 0. The predicted octanol–water partition coefficient (Wildman–Crippen LogP) is 3.74. The zero-order valence-corrected chi connectivity index (χ0v) is 12.6. The largest absolute Gasteiger partial charge is 0.326 e. The second kappa shape index (κ2) is 6.03. The molecule has 1 heteroatoms. The third kappa shape index (κ3) is 3.17. The van der Waals surface area contributed by atoms with Crippen LogP contribution in [0.3, 0.4) is 0 Å². The minimum Gasteiger partial charge on any atom is -0.326 e. The Labute approximate surface area is 113 Å². The van der Waals surface area contributed by atoms with Gasteiger partial charge in [0.2, 0.25) is 0 Å². The number of aryl methyl sites for hydroxylation is 3. The summed E-state index contributed by atoms with van der Waals surface area (Å²) in [7, 11) is 0. The maximum atomic E-state index is 3.46. The average Bonchev–Trinajstić information content (AvgIpc) is 2.10. The van der Waals surface area contributed by atoms with E-state index in [2.05, 4.69) is 53.2 Å². The average molecular weight is 263 g/mol. The van der Waals surface area contributed by atoms with Crippen LogP contribution in [0.25, 0.3) is 0 Å². The molecule has 0 fully saturated rings. The minimum atomic E-state index is 0. The summed E-state index contributed by atoms with van der Waals surface area (Å²) in [5.74, 6) is 0.513. The van der Waals surface area contributed by atoms with Gasteiger partial charge in [-0.2, -0.15) is 47.2 Å². The normalized spacial score (nSPS) is 12.1. The molecule has 1 aromatic rings. The molecule has 0 aliphatic rings. The molecule has 1 rings (SSSR count). The maximum Gasteiger partial charge on any atom is 0 e. The van der Waals surface area contributed by atoms with E-state index in [9.17, 15) is 0 Å². The topological polar surface area (TPSA) is 0 Å². The van der Waals surface area contributed by atoms with Crippen molar-refractivity contribution in [2.45, 2.75) is 40.5 Å². The Morgan fingerprint density at radius 1 is 1.21 bits per heavy atom. The number of hydrogen-bond donors (Lipinski definition) is 0. The van der Waals surface area contributed by atoms with E-state index in [1.165, 1.54) is 22.3 Å². The van der Waals surface area contributed by atoms with Crippen molar-refractivity contribution in [3.63, 3.8) is 0 Å². The first-order chi connectivity index (χ1) is 6.06. The van der Waals surface area contributed by atoms with E-state index < -0.39 is 0 Å². The molecule has 0 spiro atoms. The molecular weight excluding hydrogens is 245 g/mol. The Bertz CT molecular complexity index is 302. The van der Waals surface area contributed by atoms with Crippen molar-refractivity contribution >= 4 is 0 Å². The first-order valence-electron chi connectivity index (χ1n) is 4.85. The fourth-order valence-corrected chi connectivity index (χ4v) is 1.55. The molecule has 1 aromatic carbocycles. The summed E-state index contributed by atoms with van der Waals surface area (Å²) in [5.41, 5.74) is 5.30. The number of benzene rings is 1. The molecule has 0 N–H and O–H groups in total. The van der Waals surface area contributed by atoms with Crippen LogP contribution >= 0.6 is 0 Å². The van der Waals surface area contributed by atoms with Gasteiger partial charge in [-0.05, 0) is 0 Å². The quantitative estimate of drug-likeness (QED) is 0.713. The summed E-state index contributed by atoms with van der Waals surface area (Å²) in [6.45, 7) is 10.8. The van der Waals surface area contributed by atoms with Gasteiger partial charge in [0.15, 0.2) is 0 Å². The van der Waals surface area contributed by atoms with E-state index in [0.717, 1.165) is 0 Å². The smallest absolute Gasteiger partial charge is 0 e. The molecule has 1 atom stereocenters. The summed E-state index contributed by atoms with van der Waals surface area (Å²) in [6, 6.07) is 5.71. The van der Waals surface area contributed by atoms with Crippen LogP contribution in [0.1, 0.15) is 42.0 Å². The molecule has 0 nitrogen and oxygen atoms in total. The van der Waals surface area contributed by atoms with Crippen LogP contribution in [0.15, 0.2) is 6.07 Å². The third-order valence-electron chi connectivity index (χ3n) is 2.73. The van der Waals surface area contributed by atoms with E-state index in [1.807, 2.05) is 0 Å². The summed E-state index contributed by atoms with van der Waals surface area (Å²) in [5, 5.41) is 0. The Morgan fingerprint density at radius 3 is 2.29 bits per heavy atom. The van der Waals surface area contributed by atoms with Crippen LogP contribution in [0.5, 0.6) is 0 Å². The van der Waals surface area contributed by atoms with Crippen molar-refractivity contribution in [2.24, 2.45) is 0 Å². The third-order valence-corrected chi connectivity index (χ3v) is 2.73. The van der Waals surface area contributed by atoms with E-state index >= 15 is 0 Å². The SMILES string of the molecule is C[CH-]C(C)c1[c-]c(C)c(C)cc1C.[Y]. The van der Waals surface area contributed by atoms with Crippen LogP contribution in [0.2, 0.25) is 0 Å². The van der Waals surface area contributed by atoms with Gasteiger partial charge in [-0.3, -0.25) is 0 Å². The van der Waals surface area contributed by atoms with Crippen molar-refractivity contribution < 1.29 is 32.7 Å². The molecule has 75 valence electrons. The first kappa shape index (κ1) is 14.3. The van der Waals surface area contributed by atoms with Crippen LogP contribution in [0, 0.1) is 33.3 Å². The Balaban J connectivity index is 0.00000169. The predicted molar refractivity (Wildman–Crippen MR) is 57.9 cm³/mol. The van der Waals surface area contributed by atoms with Gasteiger partial charge in [-0.1, -0.05) is 27.7 Å². The van der Waals surface area contributed by atoms with Crippen LogP contribution in [-0.2, 0) is 32.7 Å². The van der Waals surface area contributed by atoms with E-state index in [0.29, 0.717) is 5.92 Å². The maximum absolute atomic E-state index is 3.46. The number of rotatable bonds is 2. The first-order valence-corrected chi connectivity index (χ1v) is 4.85. The van der Waals surface area contributed by atoms with Gasteiger partial charge in [0.05, 0.1) is 0 Å². The van der Waals surface area contributed by atoms with Gasteiger partial charge in [0.1, 0.15) is 0 Å². The molecule has 0 aromatic heterocycles. The van der Waals surface area contributed by atoms with Crippen molar-refractivity contribution in [1.82, 2.24) is 0 Å². The summed E-state index contributed by atoms with van der Waals surface area (Å²) < 4.78 is 0. The van der Waals surface area contributed by atoms with Crippen molar-refractivity contribution in [3.05, 3.63) is 40.8 Å². The monoisotopic (exact) mass is 263 g/mol. The van der Waals surface area contributed by atoms with Gasteiger partial charge >= 0.3 is 0 Å². The van der Waals surface area contributed by atoms with E-state index in [4.69, 9.17) is 0 Å². The Kier molecular flexibility index (Phi) is 6.17. The van der Waals surface area contributed by atoms with Crippen molar-refractivity contribution in [2.75, 3.05) is 0 Å². The van der Waals surface area contributed by atoms with Crippen LogP contribution < -0.4 is 0 Å². The van der Waals surface area contributed by atoms with Crippen molar-refractivity contribution in [3.8, 4) is 0 Å². The van der Waals surface area contributed by atoms with Gasteiger partial charge in [-0.15, -0.1) is 0 Å². The van der Waals surface area contributed by atoms with Gasteiger partial charge in [-0.25, -0.2) is 0 Å². The Hall–Kier alpha value is 0.324. The molecule has 0 amide bonds. The van der Waals surface area contributed by atoms with Gasteiger partial charge < -0.3 is 6.42 Å². The van der Waals surface area contributed by atoms with Crippen molar-refractivity contribution in [1.29, 1.82) is 0 Å². The molecule has 0 saturated carbocycles. The van der Waals surface area contributed by atoms with E-state index in [-0.39, 0.29) is 32.7 Å². The molecule has 14 heavy (non-hydrogen) atoms. The number of hydrogen-bond acceptors (Lipinski definition) is 0. The molecule has 0 bridgehead atoms. The summed E-state index contributed by atoms with van der Waals surface area (Å²) >= 11 is 0. The second-order valence-electron chi connectivity index (χ2n) is 3.80. The van der Waals surface area contributed by atoms with Gasteiger partial charge in [0, 0.05) is 32.7 Å². The van der Waals surface area contributed by atoms with E-state index in [1.54, 1.807) is 0 Å². The fraction of sp³-hybridized carbons (Fsp3) is 0.462. The molecular formula is C13H18Y-2. The van der Waals surface area contributed by atoms with Crippen LogP contribution in [0.4, 0.5) is 0 Å². The molecule has 0 heterocycles.